The van der Waals surface area contributed by atoms with Gasteiger partial charge in [0, 0.05) is 5.56 Å². The molecule has 0 atom stereocenters. The number of methoxy groups -OCH3 is 1. The third-order valence-corrected chi connectivity index (χ3v) is 2.57. The van der Waals surface area contributed by atoms with Gasteiger partial charge in [-0.15, -0.1) is 0 Å². The summed E-state index contributed by atoms with van der Waals surface area (Å²) in [6.07, 6.45) is 0. The summed E-state index contributed by atoms with van der Waals surface area (Å²) >= 11 is 0. The molecule has 1 aromatic carbocycles. The molecule has 0 bridgehead atoms. The number of nitro groups is 1. The van der Waals surface area contributed by atoms with E-state index in [1.54, 1.807) is 0 Å². The summed E-state index contributed by atoms with van der Waals surface area (Å²) in [4.78, 5) is 21.3. The molecule has 0 fully saturated rings. The monoisotopic (exact) mass is 295 g/mol. The SMILES string of the molecule is COc1ccc(F)cc1COC(=O)c1ccc([N+](=O)[O-])o1. The zero-order valence-electron chi connectivity index (χ0n) is 10.9. The predicted octanol–water partition coefficient (Wildman–Crippen LogP) is 2.69. The van der Waals surface area contributed by atoms with Crippen LogP contribution < -0.4 is 4.74 Å². The molecule has 0 amide bonds. The molecular formula is C13H10FNO6. The minimum Gasteiger partial charge on any atom is -0.496 e. The van der Waals surface area contributed by atoms with Gasteiger partial charge in [-0.1, -0.05) is 0 Å². The number of rotatable bonds is 5. The number of nitrogens with zero attached hydrogens (tertiary/aromatic N) is 1. The largest absolute Gasteiger partial charge is 0.496 e. The Morgan fingerprint density at radius 2 is 2.14 bits per heavy atom. The van der Waals surface area contributed by atoms with Gasteiger partial charge in [0.2, 0.25) is 5.76 Å². The van der Waals surface area contributed by atoms with E-state index in [0.29, 0.717) is 11.3 Å². The number of carbonyl (C=O) groups is 1. The number of hydrogen-bond acceptors (Lipinski definition) is 6. The lowest BCUT2D eigenvalue weighted by Gasteiger charge is -2.08. The van der Waals surface area contributed by atoms with Gasteiger partial charge < -0.3 is 13.9 Å². The predicted molar refractivity (Wildman–Crippen MR) is 67.4 cm³/mol. The lowest BCUT2D eigenvalue weighted by atomic mass is 10.2. The molecule has 0 saturated heterocycles. The zero-order chi connectivity index (χ0) is 15.4. The number of hydrogen-bond donors (Lipinski definition) is 0. The van der Waals surface area contributed by atoms with Crippen molar-refractivity contribution in [1.29, 1.82) is 0 Å². The highest BCUT2D eigenvalue weighted by Crippen LogP contribution is 2.21. The molecular weight excluding hydrogens is 285 g/mol. The highest BCUT2D eigenvalue weighted by molar-refractivity contribution is 5.86. The summed E-state index contributed by atoms with van der Waals surface area (Å²) in [6.45, 7) is -0.256. The third-order valence-electron chi connectivity index (χ3n) is 2.57. The average Bonchev–Trinajstić information content (AvgIpc) is 2.95. The highest BCUT2D eigenvalue weighted by atomic mass is 19.1. The van der Waals surface area contributed by atoms with Crippen molar-refractivity contribution < 1.29 is 28.0 Å². The maximum Gasteiger partial charge on any atom is 0.433 e. The first-order valence-corrected chi connectivity index (χ1v) is 5.75. The van der Waals surface area contributed by atoms with E-state index in [9.17, 15) is 19.3 Å². The molecule has 0 aliphatic rings. The molecule has 1 aromatic heterocycles. The van der Waals surface area contributed by atoms with Crippen LogP contribution in [-0.4, -0.2) is 18.0 Å². The van der Waals surface area contributed by atoms with Crippen LogP contribution in [0.5, 0.6) is 5.75 Å². The van der Waals surface area contributed by atoms with Crippen molar-refractivity contribution in [2.24, 2.45) is 0 Å². The molecule has 2 rings (SSSR count). The van der Waals surface area contributed by atoms with Gasteiger partial charge in [0.1, 0.15) is 23.1 Å². The van der Waals surface area contributed by atoms with Crippen LogP contribution in [0.25, 0.3) is 0 Å². The van der Waals surface area contributed by atoms with E-state index >= 15 is 0 Å². The van der Waals surface area contributed by atoms with E-state index in [-0.39, 0.29) is 12.4 Å². The quantitative estimate of drug-likeness (QED) is 0.478. The Kier molecular flexibility index (Phi) is 4.17. The summed E-state index contributed by atoms with van der Waals surface area (Å²) in [6, 6.07) is 5.94. The number of ether oxygens (including phenoxy) is 2. The Bertz CT molecular complexity index is 681. The number of halogens is 1. The molecule has 21 heavy (non-hydrogen) atoms. The van der Waals surface area contributed by atoms with E-state index in [1.807, 2.05) is 0 Å². The Morgan fingerprint density at radius 3 is 2.76 bits per heavy atom. The Labute approximate surface area is 118 Å². The van der Waals surface area contributed by atoms with Crippen LogP contribution in [0, 0.1) is 15.9 Å². The van der Waals surface area contributed by atoms with Crippen LogP contribution in [-0.2, 0) is 11.3 Å². The Balaban J connectivity index is 2.07. The third kappa shape index (κ3) is 3.35. The van der Waals surface area contributed by atoms with Crippen LogP contribution >= 0.6 is 0 Å². The molecule has 0 aliphatic heterocycles. The van der Waals surface area contributed by atoms with E-state index in [2.05, 4.69) is 0 Å². The normalized spacial score (nSPS) is 10.2. The topological polar surface area (TPSA) is 91.8 Å². The summed E-state index contributed by atoms with van der Waals surface area (Å²) < 4.78 is 27.7. The minimum atomic E-state index is -0.894. The summed E-state index contributed by atoms with van der Waals surface area (Å²) in [5, 5.41) is 10.4. The minimum absolute atomic E-state index is 0.256. The van der Waals surface area contributed by atoms with Crippen molar-refractivity contribution in [3.63, 3.8) is 0 Å². The molecule has 0 N–H and O–H groups in total. The zero-order valence-corrected chi connectivity index (χ0v) is 10.9. The second kappa shape index (κ2) is 6.04. The molecule has 0 unspecified atom stereocenters. The van der Waals surface area contributed by atoms with Crippen LogP contribution in [0.4, 0.5) is 10.3 Å². The summed E-state index contributed by atoms with van der Waals surface area (Å²) in [5.41, 5.74) is 0.326. The molecule has 2 aromatic rings. The first-order valence-electron chi connectivity index (χ1n) is 5.75. The fraction of sp³-hybridized carbons (Fsp3) is 0.154. The van der Waals surface area contributed by atoms with Crippen molar-refractivity contribution in [2.45, 2.75) is 6.61 Å². The molecule has 0 aliphatic carbocycles. The Hall–Kier alpha value is -2.90. The second-order valence-corrected chi connectivity index (χ2v) is 3.93. The van der Waals surface area contributed by atoms with E-state index < -0.39 is 22.6 Å². The van der Waals surface area contributed by atoms with Gasteiger partial charge in [0.25, 0.3) is 0 Å². The van der Waals surface area contributed by atoms with Crippen molar-refractivity contribution in [3.05, 3.63) is 57.6 Å². The van der Waals surface area contributed by atoms with Crippen molar-refractivity contribution in [1.82, 2.24) is 0 Å². The highest BCUT2D eigenvalue weighted by Gasteiger charge is 2.19. The molecule has 110 valence electrons. The number of furan rings is 1. The standard InChI is InChI=1S/C13H10FNO6/c1-19-10-3-2-9(14)6-8(10)7-20-13(16)11-4-5-12(21-11)15(17)18/h2-6H,7H2,1H3. The molecule has 1 heterocycles. The van der Waals surface area contributed by atoms with Gasteiger partial charge in [-0.25, -0.2) is 9.18 Å². The summed E-state index contributed by atoms with van der Waals surface area (Å²) in [7, 11) is 1.40. The lowest BCUT2D eigenvalue weighted by molar-refractivity contribution is -0.402. The fourth-order valence-electron chi connectivity index (χ4n) is 1.61. The molecule has 8 heteroatoms. The number of carbonyl (C=O) groups excluding carboxylic acids is 1. The number of benzene rings is 1. The maximum absolute atomic E-state index is 13.1. The smallest absolute Gasteiger partial charge is 0.433 e. The van der Waals surface area contributed by atoms with E-state index in [4.69, 9.17) is 13.9 Å². The van der Waals surface area contributed by atoms with Gasteiger partial charge in [-0.05, 0) is 24.3 Å². The van der Waals surface area contributed by atoms with Crippen molar-refractivity contribution in [2.75, 3.05) is 7.11 Å². The number of esters is 1. The van der Waals surface area contributed by atoms with Gasteiger partial charge in [0.15, 0.2) is 0 Å². The molecule has 0 spiro atoms. The Morgan fingerprint density at radius 1 is 1.38 bits per heavy atom. The molecule has 0 radical (unpaired) electrons. The van der Waals surface area contributed by atoms with Gasteiger partial charge >= 0.3 is 11.9 Å². The van der Waals surface area contributed by atoms with Crippen LogP contribution in [0.2, 0.25) is 0 Å². The molecule has 0 saturated carbocycles. The van der Waals surface area contributed by atoms with E-state index in [1.165, 1.54) is 19.2 Å². The average molecular weight is 295 g/mol. The van der Waals surface area contributed by atoms with Gasteiger partial charge in [-0.3, -0.25) is 10.1 Å². The first kappa shape index (κ1) is 14.5. The van der Waals surface area contributed by atoms with Crippen molar-refractivity contribution in [3.8, 4) is 5.75 Å². The second-order valence-electron chi connectivity index (χ2n) is 3.93. The van der Waals surface area contributed by atoms with Crippen molar-refractivity contribution >= 4 is 11.9 Å². The molecule has 7 nitrogen and oxygen atoms in total. The van der Waals surface area contributed by atoms with Gasteiger partial charge in [0.05, 0.1) is 13.2 Å². The van der Waals surface area contributed by atoms with Crippen LogP contribution in [0.3, 0.4) is 0 Å². The van der Waals surface area contributed by atoms with Crippen LogP contribution in [0.1, 0.15) is 16.1 Å². The lowest BCUT2D eigenvalue weighted by Crippen LogP contribution is -2.05. The van der Waals surface area contributed by atoms with E-state index in [0.717, 1.165) is 18.2 Å². The fourth-order valence-corrected chi connectivity index (χ4v) is 1.61. The van der Waals surface area contributed by atoms with Crippen LogP contribution in [0.15, 0.2) is 34.7 Å². The van der Waals surface area contributed by atoms with Gasteiger partial charge in [-0.2, -0.15) is 0 Å². The maximum atomic E-state index is 13.1. The first-order chi connectivity index (χ1) is 10.0. The summed E-state index contributed by atoms with van der Waals surface area (Å²) in [5.74, 6) is -1.91.